The topological polar surface area (TPSA) is 50.8 Å². The summed E-state index contributed by atoms with van der Waals surface area (Å²) in [5, 5.41) is 2.91. The van der Waals surface area contributed by atoms with Gasteiger partial charge in [0.15, 0.2) is 11.5 Å². The Balaban J connectivity index is 1.84. The van der Waals surface area contributed by atoms with Crippen molar-refractivity contribution in [1.82, 2.24) is 10.2 Å². The monoisotopic (exact) mass is 304 g/mol. The molecule has 1 aromatic carbocycles. The van der Waals surface area contributed by atoms with Crippen molar-refractivity contribution in [3.8, 4) is 11.5 Å². The molecule has 1 saturated heterocycles. The van der Waals surface area contributed by atoms with Crippen LogP contribution in [0.5, 0.6) is 11.5 Å². The van der Waals surface area contributed by atoms with Gasteiger partial charge in [-0.2, -0.15) is 0 Å². The number of benzene rings is 1. The third-order valence-electron chi connectivity index (χ3n) is 4.59. The fourth-order valence-corrected chi connectivity index (χ4v) is 3.38. The number of nitrogens with zero attached hydrogens (tertiary/aromatic N) is 1. The quantitative estimate of drug-likeness (QED) is 0.909. The van der Waals surface area contributed by atoms with Gasteiger partial charge in [-0.25, -0.2) is 4.79 Å². The molecule has 1 unspecified atom stereocenters. The average molecular weight is 304 g/mol. The Morgan fingerprint density at radius 1 is 1.27 bits per heavy atom. The predicted octanol–water partition coefficient (Wildman–Crippen LogP) is 3.10. The molecular formula is C17H24N2O3. The number of ether oxygens (including phenoxy) is 2. The van der Waals surface area contributed by atoms with Crippen molar-refractivity contribution in [2.24, 2.45) is 0 Å². The molecular weight excluding hydrogens is 280 g/mol. The number of carbonyl (C=O) groups is 1. The first kappa shape index (κ1) is 15.0. The Bertz CT molecular complexity index is 541. The summed E-state index contributed by atoms with van der Waals surface area (Å²) in [4.78, 5) is 13.7. The number of carbonyl (C=O) groups excluding carboxylic acids is 1. The zero-order valence-electron chi connectivity index (χ0n) is 13.3. The first-order chi connectivity index (χ1) is 10.7. The van der Waals surface area contributed by atoms with Gasteiger partial charge in [-0.15, -0.1) is 0 Å². The summed E-state index contributed by atoms with van der Waals surface area (Å²) in [7, 11) is 1.66. The minimum atomic E-state index is 0.00146. The van der Waals surface area contributed by atoms with E-state index in [0.29, 0.717) is 13.1 Å². The van der Waals surface area contributed by atoms with E-state index in [4.69, 9.17) is 9.47 Å². The highest BCUT2D eigenvalue weighted by Crippen LogP contribution is 2.35. The van der Waals surface area contributed by atoms with E-state index in [2.05, 4.69) is 5.32 Å². The smallest absolute Gasteiger partial charge is 0.318 e. The maximum absolute atomic E-state index is 11.8. The summed E-state index contributed by atoms with van der Waals surface area (Å²) in [6, 6.07) is 6.06. The largest absolute Gasteiger partial charge is 0.493 e. The SMILES string of the molecule is CCN1C(=O)NCC1c1ccc(OC)c(OC2CCCC2)c1. The number of likely N-dealkylation sites (N-methyl/N-ethyl adjacent to an activating group) is 1. The number of hydrogen-bond acceptors (Lipinski definition) is 3. The molecule has 0 spiro atoms. The van der Waals surface area contributed by atoms with E-state index in [1.807, 2.05) is 30.0 Å². The van der Waals surface area contributed by atoms with Crippen molar-refractivity contribution in [3.05, 3.63) is 23.8 Å². The van der Waals surface area contributed by atoms with Crippen LogP contribution >= 0.6 is 0 Å². The summed E-state index contributed by atoms with van der Waals surface area (Å²) in [5.74, 6) is 1.55. The lowest BCUT2D eigenvalue weighted by Crippen LogP contribution is -2.29. The second-order valence-corrected chi connectivity index (χ2v) is 5.92. The Morgan fingerprint density at radius 2 is 2.05 bits per heavy atom. The molecule has 2 aliphatic rings. The molecule has 1 aromatic rings. The van der Waals surface area contributed by atoms with Crippen LogP contribution in [0.25, 0.3) is 0 Å². The lowest BCUT2D eigenvalue weighted by Gasteiger charge is -2.23. The van der Waals surface area contributed by atoms with Gasteiger partial charge in [0.1, 0.15) is 0 Å². The maximum Gasteiger partial charge on any atom is 0.318 e. The van der Waals surface area contributed by atoms with Crippen LogP contribution < -0.4 is 14.8 Å². The molecule has 3 rings (SSSR count). The molecule has 1 aliphatic carbocycles. The lowest BCUT2D eigenvalue weighted by atomic mass is 10.1. The summed E-state index contributed by atoms with van der Waals surface area (Å²) in [6.07, 6.45) is 4.97. The van der Waals surface area contributed by atoms with E-state index in [9.17, 15) is 4.79 Å². The summed E-state index contributed by atoms with van der Waals surface area (Å²) in [6.45, 7) is 3.33. The number of rotatable bonds is 5. The fraction of sp³-hybridized carbons (Fsp3) is 0.588. The lowest BCUT2D eigenvalue weighted by molar-refractivity contribution is 0.198. The molecule has 22 heavy (non-hydrogen) atoms. The molecule has 2 fully saturated rings. The molecule has 5 heteroatoms. The Hall–Kier alpha value is -1.91. The first-order valence-corrected chi connectivity index (χ1v) is 8.12. The Kier molecular flexibility index (Phi) is 4.41. The van der Waals surface area contributed by atoms with Crippen LogP contribution in [0.1, 0.15) is 44.2 Å². The molecule has 1 atom stereocenters. The van der Waals surface area contributed by atoms with Crippen molar-refractivity contribution in [1.29, 1.82) is 0 Å². The van der Waals surface area contributed by atoms with E-state index in [1.165, 1.54) is 12.8 Å². The van der Waals surface area contributed by atoms with Crippen LogP contribution in [-0.2, 0) is 0 Å². The molecule has 1 saturated carbocycles. The van der Waals surface area contributed by atoms with Gasteiger partial charge in [0, 0.05) is 13.1 Å². The van der Waals surface area contributed by atoms with Gasteiger partial charge < -0.3 is 19.7 Å². The van der Waals surface area contributed by atoms with Crippen LogP contribution in [0.4, 0.5) is 4.79 Å². The van der Waals surface area contributed by atoms with Crippen LogP contribution in [0.3, 0.4) is 0 Å². The second-order valence-electron chi connectivity index (χ2n) is 5.92. The molecule has 1 aliphatic heterocycles. The van der Waals surface area contributed by atoms with Crippen LogP contribution in [0, 0.1) is 0 Å². The van der Waals surface area contributed by atoms with E-state index in [0.717, 1.165) is 29.9 Å². The summed E-state index contributed by atoms with van der Waals surface area (Å²) in [5.41, 5.74) is 1.09. The van der Waals surface area contributed by atoms with Gasteiger partial charge in [0.05, 0.1) is 19.3 Å². The third kappa shape index (κ3) is 2.85. The molecule has 1 heterocycles. The minimum absolute atomic E-state index is 0.00146. The highest BCUT2D eigenvalue weighted by Gasteiger charge is 2.31. The molecule has 0 bridgehead atoms. The zero-order valence-corrected chi connectivity index (χ0v) is 13.3. The number of urea groups is 1. The molecule has 0 aromatic heterocycles. The first-order valence-electron chi connectivity index (χ1n) is 8.12. The molecule has 5 nitrogen and oxygen atoms in total. The Morgan fingerprint density at radius 3 is 2.73 bits per heavy atom. The van der Waals surface area contributed by atoms with Gasteiger partial charge in [-0.1, -0.05) is 6.07 Å². The van der Waals surface area contributed by atoms with Crippen LogP contribution in [0.2, 0.25) is 0 Å². The molecule has 120 valence electrons. The van der Waals surface area contributed by atoms with Crippen molar-refractivity contribution < 1.29 is 14.3 Å². The van der Waals surface area contributed by atoms with Gasteiger partial charge in [-0.05, 0) is 50.3 Å². The van der Waals surface area contributed by atoms with E-state index in [1.54, 1.807) is 7.11 Å². The summed E-state index contributed by atoms with van der Waals surface area (Å²) >= 11 is 0. The van der Waals surface area contributed by atoms with Gasteiger partial charge in [-0.3, -0.25) is 0 Å². The summed E-state index contributed by atoms with van der Waals surface area (Å²) < 4.78 is 11.6. The van der Waals surface area contributed by atoms with E-state index < -0.39 is 0 Å². The van der Waals surface area contributed by atoms with Crippen molar-refractivity contribution in [2.75, 3.05) is 20.2 Å². The van der Waals surface area contributed by atoms with Crippen molar-refractivity contribution in [2.45, 2.75) is 44.8 Å². The highest BCUT2D eigenvalue weighted by atomic mass is 16.5. The normalized spacial score (nSPS) is 22.0. The predicted molar refractivity (Wildman–Crippen MR) is 84.4 cm³/mol. The van der Waals surface area contributed by atoms with Gasteiger partial charge >= 0.3 is 6.03 Å². The average Bonchev–Trinajstić information content (AvgIpc) is 3.16. The molecule has 0 radical (unpaired) electrons. The van der Waals surface area contributed by atoms with Crippen LogP contribution in [-0.4, -0.2) is 37.2 Å². The van der Waals surface area contributed by atoms with E-state index in [-0.39, 0.29) is 18.2 Å². The standard InChI is InChI=1S/C17H24N2O3/c1-3-19-14(11-18-17(19)20)12-8-9-15(21-2)16(10-12)22-13-6-4-5-7-13/h8-10,13-14H,3-7,11H2,1-2H3,(H,18,20). The number of amides is 2. The maximum atomic E-state index is 11.8. The zero-order chi connectivity index (χ0) is 15.5. The molecule has 1 N–H and O–H groups in total. The highest BCUT2D eigenvalue weighted by molar-refractivity contribution is 5.77. The van der Waals surface area contributed by atoms with Gasteiger partial charge in [0.2, 0.25) is 0 Å². The van der Waals surface area contributed by atoms with Crippen molar-refractivity contribution in [3.63, 3.8) is 0 Å². The molecule has 2 amide bonds. The van der Waals surface area contributed by atoms with Gasteiger partial charge in [0.25, 0.3) is 0 Å². The number of hydrogen-bond donors (Lipinski definition) is 1. The third-order valence-corrected chi connectivity index (χ3v) is 4.59. The van der Waals surface area contributed by atoms with Crippen molar-refractivity contribution >= 4 is 6.03 Å². The fourth-order valence-electron chi connectivity index (χ4n) is 3.38. The number of nitrogens with one attached hydrogen (secondary N) is 1. The van der Waals surface area contributed by atoms with Crippen LogP contribution in [0.15, 0.2) is 18.2 Å². The number of methoxy groups -OCH3 is 1. The van der Waals surface area contributed by atoms with E-state index >= 15 is 0 Å². The second kappa shape index (κ2) is 6.46. The Labute approximate surface area is 131 Å². The minimum Gasteiger partial charge on any atom is -0.493 e.